The molecule has 0 bridgehead atoms. The molecule has 27 heavy (non-hydrogen) atoms. The molecule has 0 radical (unpaired) electrons. The summed E-state index contributed by atoms with van der Waals surface area (Å²) >= 11 is 12.2. The molecule has 1 N–H and O–H groups in total. The van der Waals surface area contributed by atoms with Gasteiger partial charge in [-0.15, -0.1) is 15.3 Å². The van der Waals surface area contributed by atoms with Crippen LogP contribution >= 0.6 is 23.2 Å². The normalized spacial score (nSPS) is 16.4. The molecule has 5 rings (SSSR count). The van der Waals surface area contributed by atoms with Crippen LogP contribution in [0.1, 0.15) is 12.2 Å². The molecule has 1 aliphatic heterocycles. The van der Waals surface area contributed by atoms with E-state index in [2.05, 4.69) is 30.7 Å². The summed E-state index contributed by atoms with van der Waals surface area (Å²) in [5.41, 5.74) is 1.41. The molecule has 10 heteroatoms. The minimum Gasteiger partial charge on any atom is -0.364 e. The molecule has 0 fully saturated rings. The number of aryl methyl sites for hydroxylation is 1. The molecule has 1 aliphatic rings. The Morgan fingerprint density at radius 2 is 1.93 bits per heavy atom. The van der Waals surface area contributed by atoms with E-state index in [1.807, 2.05) is 16.8 Å². The van der Waals surface area contributed by atoms with Gasteiger partial charge in [-0.05, 0) is 36.8 Å². The van der Waals surface area contributed by atoms with E-state index < -0.39 is 0 Å². The number of nitrogens with one attached hydrogen (secondary N) is 1. The Balaban J connectivity index is 1.47. The fourth-order valence-electron chi connectivity index (χ4n) is 3.29. The fraction of sp³-hybridized carbons (Fsp3) is 0.235. The average Bonchev–Trinajstić information content (AvgIpc) is 3.26. The third-order valence-electron chi connectivity index (χ3n) is 4.54. The largest absolute Gasteiger partial charge is 0.364 e. The Bertz CT molecular complexity index is 1110. The highest BCUT2D eigenvalue weighted by atomic mass is 35.5. The molecule has 0 aliphatic carbocycles. The first-order chi connectivity index (χ1) is 13.2. The first-order valence-electron chi connectivity index (χ1n) is 8.48. The van der Waals surface area contributed by atoms with Crippen LogP contribution in [0.25, 0.3) is 17.0 Å². The van der Waals surface area contributed by atoms with Crippen molar-refractivity contribution < 1.29 is 0 Å². The van der Waals surface area contributed by atoms with E-state index in [0.717, 1.165) is 36.6 Å². The Morgan fingerprint density at radius 3 is 2.78 bits per heavy atom. The van der Waals surface area contributed by atoms with Gasteiger partial charge in [0.05, 0.1) is 6.54 Å². The SMILES string of the molecule is Clc1cc(Cl)cc(-c2nnc3ccc(NC4CCc5ncnn5C4)nn23)c1. The number of fused-ring (bicyclic) bond motifs is 2. The number of anilines is 1. The summed E-state index contributed by atoms with van der Waals surface area (Å²) in [6.07, 6.45) is 3.46. The number of hydrogen-bond acceptors (Lipinski definition) is 6. The Labute approximate surface area is 164 Å². The molecule has 1 unspecified atom stereocenters. The van der Waals surface area contributed by atoms with Crippen molar-refractivity contribution in [2.75, 3.05) is 5.32 Å². The van der Waals surface area contributed by atoms with Crippen LogP contribution in [-0.2, 0) is 13.0 Å². The van der Waals surface area contributed by atoms with Gasteiger partial charge in [0, 0.05) is 28.1 Å². The predicted octanol–water partition coefficient (Wildman–Crippen LogP) is 3.12. The summed E-state index contributed by atoms with van der Waals surface area (Å²) in [6, 6.07) is 9.26. The van der Waals surface area contributed by atoms with E-state index >= 15 is 0 Å². The van der Waals surface area contributed by atoms with Crippen LogP contribution in [0.4, 0.5) is 5.82 Å². The molecule has 3 aromatic heterocycles. The lowest BCUT2D eigenvalue weighted by Gasteiger charge is -2.23. The molecule has 136 valence electrons. The number of halogens is 2. The summed E-state index contributed by atoms with van der Waals surface area (Å²) in [5, 5.41) is 21.9. The average molecular weight is 401 g/mol. The zero-order valence-electron chi connectivity index (χ0n) is 14.0. The van der Waals surface area contributed by atoms with E-state index in [4.69, 9.17) is 23.2 Å². The molecular formula is C17H14Cl2N8. The van der Waals surface area contributed by atoms with Gasteiger partial charge in [-0.3, -0.25) is 0 Å². The maximum atomic E-state index is 6.12. The van der Waals surface area contributed by atoms with Crippen LogP contribution in [-0.4, -0.2) is 40.6 Å². The number of aromatic nitrogens is 7. The highest BCUT2D eigenvalue weighted by molar-refractivity contribution is 6.35. The summed E-state index contributed by atoms with van der Waals surface area (Å²) in [4.78, 5) is 4.26. The number of hydrogen-bond donors (Lipinski definition) is 1. The molecular weight excluding hydrogens is 387 g/mol. The van der Waals surface area contributed by atoms with Crippen molar-refractivity contribution in [3.05, 3.63) is 52.5 Å². The van der Waals surface area contributed by atoms with E-state index in [1.54, 1.807) is 29.0 Å². The van der Waals surface area contributed by atoms with E-state index in [1.165, 1.54) is 0 Å². The zero-order chi connectivity index (χ0) is 18.4. The summed E-state index contributed by atoms with van der Waals surface area (Å²) < 4.78 is 3.62. The topological polar surface area (TPSA) is 85.8 Å². The van der Waals surface area contributed by atoms with Crippen molar-refractivity contribution in [3.8, 4) is 11.4 Å². The van der Waals surface area contributed by atoms with Crippen LogP contribution in [0.15, 0.2) is 36.7 Å². The monoisotopic (exact) mass is 400 g/mol. The second-order valence-electron chi connectivity index (χ2n) is 6.41. The van der Waals surface area contributed by atoms with Crippen LogP contribution in [0.2, 0.25) is 10.0 Å². The predicted molar refractivity (Wildman–Crippen MR) is 102 cm³/mol. The van der Waals surface area contributed by atoms with E-state index in [0.29, 0.717) is 21.5 Å². The van der Waals surface area contributed by atoms with Crippen LogP contribution in [0.5, 0.6) is 0 Å². The smallest absolute Gasteiger partial charge is 0.185 e. The molecule has 4 aromatic rings. The standard InChI is InChI=1S/C17H14Cl2N8/c18-11-5-10(6-12(19)7-11)17-24-23-16-4-2-14(25-27(16)17)22-13-1-3-15-20-9-21-26(15)8-13/h2,4-7,9,13H,1,3,8H2,(H,22,25). The number of benzene rings is 1. The van der Waals surface area contributed by atoms with Gasteiger partial charge in [0.2, 0.25) is 0 Å². The maximum Gasteiger partial charge on any atom is 0.185 e. The first-order valence-corrected chi connectivity index (χ1v) is 9.23. The van der Waals surface area contributed by atoms with Crippen molar-refractivity contribution in [3.63, 3.8) is 0 Å². The fourth-order valence-corrected chi connectivity index (χ4v) is 3.82. The Morgan fingerprint density at radius 1 is 1.07 bits per heavy atom. The summed E-state index contributed by atoms with van der Waals surface area (Å²) in [5.74, 6) is 2.35. The molecule has 1 aromatic carbocycles. The van der Waals surface area contributed by atoms with Crippen molar-refractivity contribution in [2.24, 2.45) is 0 Å². The van der Waals surface area contributed by atoms with Gasteiger partial charge < -0.3 is 5.32 Å². The zero-order valence-corrected chi connectivity index (χ0v) is 15.6. The van der Waals surface area contributed by atoms with Crippen LogP contribution in [0, 0.1) is 0 Å². The number of nitrogens with zero attached hydrogens (tertiary/aromatic N) is 7. The Kier molecular flexibility index (Phi) is 3.95. The maximum absolute atomic E-state index is 6.12. The lowest BCUT2D eigenvalue weighted by Crippen LogP contribution is -2.32. The van der Waals surface area contributed by atoms with Gasteiger partial charge in [-0.1, -0.05) is 23.2 Å². The van der Waals surface area contributed by atoms with Gasteiger partial charge in [0.25, 0.3) is 0 Å². The third kappa shape index (κ3) is 3.11. The molecule has 0 amide bonds. The van der Waals surface area contributed by atoms with E-state index in [-0.39, 0.29) is 6.04 Å². The molecule has 0 saturated heterocycles. The highest BCUT2D eigenvalue weighted by Gasteiger charge is 2.20. The molecule has 8 nitrogen and oxygen atoms in total. The van der Waals surface area contributed by atoms with Crippen molar-refractivity contribution in [2.45, 2.75) is 25.4 Å². The Hall–Kier alpha value is -2.71. The quantitative estimate of drug-likeness (QED) is 0.568. The number of rotatable bonds is 3. The van der Waals surface area contributed by atoms with Crippen molar-refractivity contribution in [1.29, 1.82) is 0 Å². The minimum atomic E-state index is 0.227. The van der Waals surface area contributed by atoms with Gasteiger partial charge in [0.1, 0.15) is 18.0 Å². The molecule has 0 saturated carbocycles. The minimum absolute atomic E-state index is 0.227. The van der Waals surface area contributed by atoms with Crippen molar-refractivity contribution in [1.82, 2.24) is 34.6 Å². The molecule has 0 spiro atoms. The van der Waals surface area contributed by atoms with Crippen LogP contribution in [0.3, 0.4) is 0 Å². The van der Waals surface area contributed by atoms with Gasteiger partial charge in [-0.25, -0.2) is 9.67 Å². The lowest BCUT2D eigenvalue weighted by atomic mass is 10.1. The molecule has 4 heterocycles. The molecule has 1 atom stereocenters. The van der Waals surface area contributed by atoms with E-state index in [9.17, 15) is 0 Å². The van der Waals surface area contributed by atoms with Crippen molar-refractivity contribution >= 4 is 34.7 Å². The van der Waals surface area contributed by atoms with Gasteiger partial charge in [0.15, 0.2) is 11.5 Å². The lowest BCUT2D eigenvalue weighted by molar-refractivity contribution is 0.440. The van der Waals surface area contributed by atoms with Gasteiger partial charge >= 0.3 is 0 Å². The van der Waals surface area contributed by atoms with Crippen LogP contribution < -0.4 is 5.32 Å². The summed E-state index contributed by atoms with van der Waals surface area (Å²) in [7, 11) is 0. The highest BCUT2D eigenvalue weighted by Crippen LogP contribution is 2.26. The second-order valence-corrected chi connectivity index (χ2v) is 7.28. The van der Waals surface area contributed by atoms with Gasteiger partial charge in [-0.2, -0.15) is 9.61 Å². The second kappa shape index (κ2) is 6.47. The first kappa shape index (κ1) is 16.5. The third-order valence-corrected chi connectivity index (χ3v) is 4.98. The summed E-state index contributed by atoms with van der Waals surface area (Å²) in [6.45, 7) is 0.758.